The van der Waals surface area contributed by atoms with Gasteiger partial charge in [0, 0.05) is 11.6 Å². The minimum atomic E-state index is -3.83. The molecule has 0 saturated heterocycles. The average molecular weight is 387 g/mol. The van der Waals surface area contributed by atoms with Crippen LogP contribution < -0.4 is 4.72 Å². The van der Waals surface area contributed by atoms with Gasteiger partial charge in [-0.3, -0.25) is 9.40 Å². The smallest absolute Gasteiger partial charge is 0.261 e. The van der Waals surface area contributed by atoms with E-state index in [1.165, 1.54) is 16.8 Å². The third kappa shape index (κ3) is 3.43. The molecule has 0 saturated carbocycles. The molecule has 0 unspecified atom stereocenters. The minimum absolute atomic E-state index is 0.106. The second-order valence-electron chi connectivity index (χ2n) is 5.43. The summed E-state index contributed by atoms with van der Waals surface area (Å²) in [5.74, 6) is 0.106. The number of hydrogen-bond acceptors (Lipinski definition) is 4. The Kier molecular flexibility index (Phi) is 4.98. The number of nitriles is 1. The lowest BCUT2D eigenvalue weighted by Gasteiger charge is -2.08. The van der Waals surface area contributed by atoms with Crippen LogP contribution in [0.5, 0.6) is 0 Å². The number of anilines is 1. The van der Waals surface area contributed by atoms with E-state index in [4.69, 9.17) is 11.6 Å². The van der Waals surface area contributed by atoms with Gasteiger partial charge < -0.3 is 0 Å². The number of aromatic nitrogens is 2. The van der Waals surface area contributed by atoms with Crippen molar-refractivity contribution in [1.82, 2.24) is 9.78 Å². The first-order valence-electron chi connectivity index (χ1n) is 7.81. The highest BCUT2D eigenvalue weighted by molar-refractivity contribution is 7.92. The van der Waals surface area contributed by atoms with Crippen LogP contribution in [0, 0.1) is 11.3 Å². The van der Waals surface area contributed by atoms with Crippen molar-refractivity contribution in [2.24, 2.45) is 0 Å². The molecule has 132 valence electrons. The number of benzene rings is 2. The predicted octanol–water partition coefficient (Wildman–Crippen LogP) is 3.90. The Bertz CT molecular complexity index is 1070. The summed E-state index contributed by atoms with van der Waals surface area (Å²) in [6.45, 7) is 2.26. The van der Waals surface area contributed by atoms with Crippen LogP contribution in [0.2, 0.25) is 5.02 Å². The van der Waals surface area contributed by atoms with E-state index >= 15 is 0 Å². The number of hydrogen-bond donors (Lipinski definition) is 1. The van der Waals surface area contributed by atoms with E-state index in [-0.39, 0.29) is 16.4 Å². The third-order valence-electron chi connectivity index (χ3n) is 3.78. The average Bonchev–Trinajstić information content (AvgIpc) is 2.99. The van der Waals surface area contributed by atoms with Crippen molar-refractivity contribution in [2.45, 2.75) is 18.4 Å². The fourth-order valence-electron chi connectivity index (χ4n) is 2.55. The first kappa shape index (κ1) is 18.0. The lowest BCUT2D eigenvalue weighted by molar-refractivity contribution is 0.600. The zero-order chi connectivity index (χ0) is 18.7. The lowest BCUT2D eigenvalue weighted by Crippen LogP contribution is -2.14. The van der Waals surface area contributed by atoms with Gasteiger partial charge in [-0.1, -0.05) is 41.9 Å². The van der Waals surface area contributed by atoms with Gasteiger partial charge in [-0.05, 0) is 36.8 Å². The molecule has 6 nitrogen and oxygen atoms in total. The maximum absolute atomic E-state index is 12.7. The predicted molar refractivity (Wildman–Crippen MR) is 100 cm³/mol. The van der Waals surface area contributed by atoms with Gasteiger partial charge in [0.05, 0.1) is 10.5 Å². The quantitative estimate of drug-likeness (QED) is 0.720. The SMILES string of the molecule is CCn1nc(NS(=O)(=O)c2ccccc2)c(-c2ccc(Cl)cc2)c1C#N. The highest BCUT2D eigenvalue weighted by Gasteiger charge is 2.23. The van der Waals surface area contributed by atoms with Crippen LogP contribution in [0.25, 0.3) is 11.1 Å². The molecular formula is C18H15ClN4O2S. The van der Waals surface area contributed by atoms with E-state index < -0.39 is 10.0 Å². The van der Waals surface area contributed by atoms with Crippen molar-refractivity contribution in [3.05, 3.63) is 65.3 Å². The Morgan fingerprint density at radius 1 is 1.15 bits per heavy atom. The molecule has 0 amide bonds. The van der Waals surface area contributed by atoms with Gasteiger partial charge in [-0.25, -0.2) is 8.42 Å². The van der Waals surface area contributed by atoms with Gasteiger partial charge >= 0.3 is 0 Å². The van der Waals surface area contributed by atoms with Crippen molar-refractivity contribution in [2.75, 3.05) is 4.72 Å². The molecule has 1 heterocycles. The standard InChI is InChI=1S/C18H15ClN4O2S/c1-2-23-16(12-20)17(13-8-10-14(19)11-9-13)18(21-23)22-26(24,25)15-6-4-3-5-7-15/h3-11H,2H2,1H3,(H,21,22). The number of halogens is 1. The number of aryl methyl sites for hydroxylation is 1. The topological polar surface area (TPSA) is 87.8 Å². The van der Waals surface area contributed by atoms with Gasteiger partial charge in [-0.2, -0.15) is 10.4 Å². The number of rotatable bonds is 5. The van der Waals surface area contributed by atoms with Crippen LogP contribution in [-0.2, 0) is 16.6 Å². The van der Waals surface area contributed by atoms with Crippen LogP contribution in [0.4, 0.5) is 5.82 Å². The summed E-state index contributed by atoms with van der Waals surface area (Å²) in [5.41, 5.74) is 1.35. The number of sulfonamides is 1. The summed E-state index contributed by atoms with van der Waals surface area (Å²) in [7, 11) is -3.83. The normalized spacial score (nSPS) is 11.1. The molecule has 0 aliphatic rings. The summed E-state index contributed by atoms with van der Waals surface area (Å²) in [6.07, 6.45) is 0. The third-order valence-corrected chi connectivity index (χ3v) is 5.38. The highest BCUT2D eigenvalue weighted by atomic mass is 35.5. The largest absolute Gasteiger partial charge is 0.263 e. The Balaban J connectivity index is 2.14. The highest BCUT2D eigenvalue weighted by Crippen LogP contribution is 2.33. The van der Waals surface area contributed by atoms with Crippen molar-refractivity contribution in [3.63, 3.8) is 0 Å². The lowest BCUT2D eigenvalue weighted by atomic mass is 10.1. The van der Waals surface area contributed by atoms with Crippen molar-refractivity contribution in [3.8, 4) is 17.2 Å². The first-order valence-corrected chi connectivity index (χ1v) is 9.67. The van der Waals surface area contributed by atoms with Crippen LogP contribution >= 0.6 is 11.6 Å². The van der Waals surface area contributed by atoms with E-state index in [1.807, 2.05) is 6.92 Å². The van der Waals surface area contributed by atoms with Crippen LogP contribution in [0.3, 0.4) is 0 Å². The Morgan fingerprint density at radius 3 is 2.38 bits per heavy atom. The van der Waals surface area contributed by atoms with E-state index in [2.05, 4.69) is 15.9 Å². The Morgan fingerprint density at radius 2 is 1.81 bits per heavy atom. The Labute approximate surface area is 156 Å². The molecule has 1 aromatic heterocycles. The maximum Gasteiger partial charge on any atom is 0.263 e. The molecule has 0 radical (unpaired) electrons. The van der Waals surface area contributed by atoms with Crippen LogP contribution in [0.15, 0.2) is 59.5 Å². The summed E-state index contributed by atoms with van der Waals surface area (Å²) in [5, 5.41) is 14.4. The molecule has 3 aromatic rings. The fraction of sp³-hybridized carbons (Fsp3) is 0.111. The summed E-state index contributed by atoms with van der Waals surface area (Å²) < 4.78 is 29.3. The maximum atomic E-state index is 12.7. The fourth-order valence-corrected chi connectivity index (χ4v) is 3.71. The number of nitrogens with zero attached hydrogens (tertiary/aromatic N) is 3. The molecule has 0 aliphatic heterocycles. The molecular weight excluding hydrogens is 372 g/mol. The van der Waals surface area contributed by atoms with Gasteiger partial charge in [0.2, 0.25) is 0 Å². The molecule has 1 N–H and O–H groups in total. The van der Waals surface area contributed by atoms with Gasteiger partial charge in [-0.15, -0.1) is 0 Å². The van der Waals surface area contributed by atoms with Crippen LogP contribution in [-0.4, -0.2) is 18.2 Å². The summed E-state index contributed by atoms with van der Waals surface area (Å²) in [4.78, 5) is 0.117. The monoisotopic (exact) mass is 386 g/mol. The first-order chi connectivity index (χ1) is 12.5. The van der Waals surface area contributed by atoms with E-state index in [0.29, 0.717) is 22.7 Å². The number of nitrogens with one attached hydrogen (secondary N) is 1. The molecule has 3 rings (SSSR count). The Hall–Kier alpha value is -2.82. The molecule has 0 bridgehead atoms. The molecule has 26 heavy (non-hydrogen) atoms. The van der Waals surface area contributed by atoms with Gasteiger partial charge in [0.25, 0.3) is 10.0 Å². The summed E-state index contributed by atoms with van der Waals surface area (Å²) >= 11 is 5.93. The zero-order valence-corrected chi connectivity index (χ0v) is 15.4. The molecule has 0 spiro atoms. The zero-order valence-electron chi connectivity index (χ0n) is 13.8. The van der Waals surface area contributed by atoms with Crippen molar-refractivity contribution < 1.29 is 8.42 Å². The second-order valence-corrected chi connectivity index (χ2v) is 7.54. The molecule has 0 aliphatic carbocycles. The molecule has 8 heteroatoms. The summed E-state index contributed by atoms with van der Waals surface area (Å²) in [6, 6.07) is 16.9. The van der Waals surface area contributed by atoms with E-state index in [1.54, 1.807) is 42.5 Å². The second kappa shape index (κ2) is 7.20. The molecule has 0 atom stereocenters. The van der Waals surface area contributed by atoms with E-state index in [0.717, 1.165) is 0 Å². The van der Waals surface area contributed by atoms with E-state index in [9.17, 15) is 13.7 Å². The van der Waals surface area contributed by atoms with Crippen LogP contribution in [0.1, 0.15) is 12.6 Å². The molecule has 0 fully saturated rings. The van der Waals surface area contributed by atoms with Crippen molar-refractivity contribution >= 4 is 27.4 Å². The van der Waals surface area contributed by atoms with Crippen molar-refractivity contribution in [1.29, 1.82) is 5.26 Å². The molecule has 2 aromatic carbocycles. The van der Waals surface area contributed by atoms with Gasteiger partial charge in [0.15, 0.2) is 5.82 Å². The minimum Gasteiger partial charge on any atom is -0.261 e. The van der Waals surface area contributed by atoms with Gasteiger partial charge in [0.1, 0.15) is 11.8 Å².